The summed E-state index contributed by atoms with van der Waals surface area (Å²) in [5.74, 6) is 2.02. The minimum Gasteiger partial charge on any atom is -0.465 e. The highest BCUT2D eigenvalue weighted by molar-refractivity contribution is 5.09. The first-order valence-electron chi connectivity index (χ1n) is 6.15. The zero-order valence-corrected chi connectivity index (χ0v) is 10.2. The number of hydrogen-bond acceptors (Lipinski definition) is 3. The van der Waals surface area contributed by atoms with E-state index in [-0.39, 0.29) is 0 Å². The summed E-state index contributed by atoms with van der Waals surface area (Å²) in [6.45, 7) is 2.92. The Labute approximate surface area is 97.2 Å². The Kier molecular flexibility index (Phi) is 4.02. The van der Waals surface area contributed by atoms with Crippen LogP contribution in [-0.4, -0.2) is 19.8 Å². The highest BCUT2D eigenvalue weighted by atomic mass is 16.5. The van der Waals surface area contributed by atoms with Crippen molar-refractivity contribution >= 4 is 0 Å². The quantitative estimate of drug-likeness (QED) is 0.833. The average Bonchev–Trinajstić information content (AvgIpc) is 2.91. The summed E-state index contributed by atoms with van der Waals surface area (Å²) in [7, 11) is 1.98. The molecule has 2 unspecified atom stereocenters. The Morgan fingerprint density at radius 3 is 2.94 bits per heavy atom. The molecule has 1 fully saturated rings. The first-order chi connectivity index (χ1) is 7.79. The fourth-order valence-electron chi connectivity index (χ4n) is 2.29. The summed E-state index contributed by atoms with van der Waals surface area (Å²) >= 11 is 0. The second-order valence-electron chi connectivity index (χ2n) is 4.50. The van der Waals surface area contributed by atoms with E-state index in [1.807, 2.05) is 20.0 Å². The number of hydrogen-bond donors (Lipinski definition) is 1. The minimum atomic E-state index is 0.317. The van der Waals surface area contributed by atoms with Crippen LogP contribution in [0.4, 0.5) is 0 Å². The first kappa shape index (κ1) is 11.7. The molecule has 1 aliphatic heterocycles. The van der Waals surface area contributed by atoms with Crippen LogP contribution in [-0.2, 0) is 4.74 Å². The fraction of sp³-hybridized carbons (Fsp3) is 0.692. The van der Waals surface area contributed by atoms with Gasteiger partial charge in [0.05, 0.1) is 12.1 Å². The van der Waals surface area contributed by atoms with E-state index in [4.69, 9.17) is 9.15 Å². The van der Waals surface area contributed by atoms with Crippen LogP contribution in [0.15, 0.2) is 16.5 Å². The van der Waals surface area contributed by atoms with Gasteiger partial charge in [0.25, 0.3) is 0 Å². The molecule has 3 heteroatoms. The maximum absolute atomic E-state index is 5.65. The van der Waals surface area contributed by atoms with Crippen molar-refractivity contribution in [1.29, 1.82) is 0 Å². The number of furan rings is 1. The van der Waals surface area contributed by atoms with Crippen LogP contribution in [0.1, 0.15) is 43.2 Å². The van der Waals surface area contributed by atoms with Crippen LogP contribution in [0, 0.1) is 6.92 Å². The molecule has 0 amide bonds. The van der Waals surface area contributed by atoms with Gasteiger partial charge in [-0.2, -0.15) is 0 Å². The van der Waals surface area contributed by atoms with Crippen LogP contribution in [0.5, 0.6) is 0 Å². The molecule has 2 atom stereocenters. The molecule has 3 nitrogen and oxygen atoms in total. The van der Waals surface area contributed by atoms with Gasteiger partial charge in [0.2, 0.25) is 0 Å². The van der Waals surface area contributed by atoms with Gasteiger partial charge in [0.1, 0.15) is 11.5 Å². The second kappa shape index (κ2) is 5.51. The lowest BCUT2D eigenvalue weighted by molar-refractivity contribution is 0.0991. The van der Waals surface area contributed by atoms with E-state index in [1.165, 1.54) is 12.8 Å². The molecule has 1 N–H and O–H groups in total. The maximum Gasteiger partial charge on any atom is 0.121 e. The molecule has 0 aromatic carbocycles. The van der Waals surface area contributed by atoms with Crippen molar-refractivity contribution in [3.05, 3.63) is 23.7 Å². The van der Waals surface area contributed by atoms with Crippen molar-refractivity contribution in [3.63, 3.8) is 0 Å². The van der Waals surface area contributed by atoms with E-state index in [2.05, 4.69) is 11.4 Å². The third kappa shape index (κ3) is 2.86. The molecule has 2 heterocycles. The Bertz CT molecular complexity index is 315. The zero-order valence-electron chi connectivity index (χ0n) is 10.2. The molecule has 0 aliphatic carbocycles. The smallest absolute Gasteiger partial charge is 0.121 e. The lowest BCUT2D eigenvalue weighted by Crippen LogP contribution is -2.18. The molecule has 0 spiro atoms. The van der Waals surface area contributed by atoms with Gasteiger partial charge < -0.3 is 14.5 Å². The lowest BCUT2D eigenvalue weighted by Gasteiger charge is -2.16. The van der Waals surface area contributed by atoms with Gasteiger partial charge >= 0.3 is 0 Å². The Morgan fingerprint density at radius 1 is 1.50 bits per heavy atom. The van der Waals surface area contributed by atoms with Crippen molar-refractivity contribution in [1.82, 2.24) is 5.32 Å². The fourth-order valence-corrected chi connectivity index (χ4v) is 2.29. The summed E-state index contributed by atoms with van der Waals surface area (Å²) in [5, 5.41) is 3.31. The molecule has 2 rings (SSSR count). The highest BCUT2D eigenvalue weighted by Crippen LogP contribution is 2.24. The summed E-state index contributed by atoms with van der Waals surface area (Å²) in [6, 6.07) is 4.40. The van der Waals surface area contributed by atoms with Crippen LogP contribution < -0.4 is 5.32 Å². The second-order valence-corrected chi connectivity index (χ2v) is 4.50. The summed E-state index contributed by atoms with van der Waals surface area (Å²) in [5.41, 5.74) is 0. The molecule has 90 valence electrons. The molecule has 16 heavy (non-hydrogen) atoms. The molecule has 0 radical (unpaired) electrons. The molecule has 0 saturated carbocycles. The van der Waals surface area contributed by atoms with Gasteiger partial charge in [-0.25, -0.2) is 0 Å². The van der Waals surface area contributed by atoms with Crippen LogP contribution in [0.25, 0.3) is 0 Å². The summed E-state index contributed by atoms with van der Waals surface area (Å²) in [4.78, 5) is 0. The molecule has 1 saturated heterocycles. The van der Waals surface area contributed by atoms with Crippen molar-refractivity contribution in [2.24, 2.45) is 0 Å². The molecule has 1 aromatic rings. The molecular weight excluding hydrogens is 202 g/mol. The average molecular weight is 223 g/mol. The van der Waals surface area contributed by atoms with Gasteiger partial charge in [-0.15, -0.1) is 0 Å². The highest BCUT2D eigenvalue weighted by Gasteiger charge is 2.19. The third-order valence-corrected chi connectivity index (χ3v) is 3.25. The molecule has 1 aromatic heterocycles. The van der Waals surface area contributed by atoms with Gasteiger partial charge in [-0.05, 0) is 51.8 Å². The van der Waals surface area contributed by atoms with Gasteiger partial charge in [0, 0.05) is 6.61 Å². The van der Waals surface area contributed by atoms with E-state index >= 15 is 0 Å². The van der Waals surface area contributed by atoms with Gasteiger partial charge in [-0.3, -0.25) is 0 Å². The van der Waals surface area contributed by atoms with Gasteiger partial charge in [-0.1, -0.05) is 0 Å². The van der Waals surface area contributed by atoms with Crippen molar-refractivity contribution in [2.45, 2.75) is 44.8 Å². The van der Waals surface area contributed by atoms with Crippen LogP contribution in [0.3, 0.4) is 0 Å². The van der Waals surface area contributed by atoms with Crippen molar-refractivity contribution < 1.29 is 9.15 Å². The monoisotopic (exact) mass is 223 g/mol. The number of rotatable bonds is 5. The Morgan fingerprint density at radius 2 is 2.38 bits per heavy atom. The molecule has 0 bridgehead atoms. The van der Waals surface area contributed by atoms with E-state index in [0.717, 1.165) is 31.0 Å². The Balaban J connectivity index is 1.85. The predicted molar refractivity (Wildman–Crippen MR) is 63.5 cm³/mol. The normalized spacial score (nSPS) is 22.5. The number of nitrogens with one attached hydrogen (secondary N) is 1. The topological polar surface area (TPSA) is 34.4 Å². The SMILES string of the molecule is CNC(CCC1CCCO1)c1ccc(C)o1. The van der Waals surface area contributed by atoms with E-state index < -0.39 is 0 Å². The molecule has 1 aliphatic rings. The maximum atomic E-state index is 5.65. The number of aryl methyl sites for hydroxylation is 1. The summed E-state index contributed by atoms with van der Waals surface area (Å²) < 4.78 is 11.3. The van der Waals surface area contributed by atoms with Gasteiger partial charge in [0.15, 0.2) is 0 Å². The number of ether oxygens (including phenoxy) is 1. The minimum absolute atomic E-state index is 0.317. The Hall–Kier alpha value is -0.800. The summed E-state index contributed by atoms with van der Waals surface area (Å²) in [6.07, 6.45) is 5.09. The zero-order chi connectivity index (χ0) is 11.4. The molecular formula is C13H21NO2. The van der Waals surface area contributed by atoms with E-state index in [0.29, 0.717) is 12.1 Å². The van der Waals surface area contributed by atoms with Crippen molar-refractivity contribution in [3.8, 4) is 0 Å². The third-order valence-electron chi connectivity index (χ3n) is 3.25. The van der Waals surface area contributed by atoms with E-state index in [9.17, 15) is 0 Å². The van der Waals surface area contributed by atoms with Crippen LogP contribution in [0.2, 0.25) is 0 Å². The van der Waals surface area contributed by atoms with E-state index in [1.54, 1.807) is 0 Å². The largest absolute Gasteiger partial charge is 0.465 e. The van der Waals surface area contributed by atoms with Crippen LogP contribution >= 0.6 is 0 Å². The van der Waals surface area contributed by atoms with Crippen molar-refractivity contribution in [2.75, 3.05) is 13.7 Å². The predicted octanol–water partition coefficient (Wildman–Crippen LogP) is 2.81. The lowest BCUT2D eigenvalue weighted by atomic mass is 10.0. The first-order valence-corrected chi connectivity index (χ1v) is 6.15. The standard InChI is InChI=1S/C13H21NO2/c1-10-5-8-13(16-10)12(14-2)7-6-11-4-3-9-15-11/h5,8,11-12,14H,3-4,6-7,9H2,1-2H3.